The number of aromatic nitrogens is 1. The lowest BCUT2D eigenvalue weighted by molar-refractivity contribution is -0.139. The number of carbonyl (C=O) groups excluding carboxylic acids is 1. The molecule has 0 aliphatic carbocycles. The maximum atomic E-state index is 12.5. The Balaban J connectivity index is 1.80. The molecule has 25 heavy (non-hydrogen) atoms. The first-order chi connectivity index (χ1) is 12.0. The monoisotopic (exact) mass is 398 g/mol. The van der Waals surface area contributed by atoms with Gasteiger partial charge in [0.2, 0.25) is 0 Å². The molecule has 0 spiro atoms. The van der Waals surface area contributed by atoms with E-state index in [-0.39, 0.29) is 6.42 Å². The molecule has 0 fully saturated rings. The Kier molecular flexibility index (Phi) is 5.09. The summed E-state index contributed by atoms with van der Waals surface area (Å²) in [6, 6.07) is 15.4. The smallest absolute Gasteiger partial charge is 0.326 e. The fraction of sp³-hybridized carbons (Fsp3) is 0.105. The van der Waals surface area contributed by atoms with Crippen LogP contribution < -0.4 is 5.32 Å². The number of hydrogen-bond acceptors (Lipinski definition) is 3. The van der Waals surface area contributed by atoms with Gasteiger partial charge in [0.05, 0.1) is 0 Å². The quantitative estimate of drug-likeness (QED) is 0.645. The highest BCUT2D eigenvalue weighted by molar-refractivity contribution is 9.10. The maximum Gasteiger partial charge on any atom is 0.326 e. The van der Waals surface area contributed by atoms with Crippen LogP contribution in [-0.2, 0) is 11.2 Å². The molecule has 3 rings (SSSR count). The molecule has 1 atom stereocenters. The van der Waals surface area contributed by atoms with Crippen LogP contribution in [0, 0.1) is 0 Å². The number of carboxylic acids is 1. The summed E-state index contributed by atoms with van der Waals surface area (Å²) in [5, 5.41) is 14.0. The van der Waals surface area contributed by atoms with E-state index in [0.717, 1.165) is 10.8 Å². The van der Waals surface area contributed by atoms with Crippen LogP contribution in [0.15, 0.2) is 65.4 Å². The summed E-state index contributed by atoms with van der Waals surface area (Å²) in [6.07, 6.45) is 1.75. The van der Waals surface area contributed by atoms with E-state index in [1.807, 2.05) is 30.3 Å². The third-order valence-electron chi connectivity index (χ3n) is 3.88. The zero-order chi connectivity index (χ0) is 17.8. The van der Waals surface area contributed by atoms with Crippen LogP contribution in [-0.4, -0.2) is 28.0 Å². The molecule has 3 aromatic rings. The van der Waals surface area contributed by atoms with Crippen LogP contribution in [0.25, 0.3) is 10.8 Å². The number of carbonyl (C=O) groups is 2. The normalized spacial score (nSPS) is 11.9. The number of amides is 1. The van der Waals surface area contributed by atoms with E-state index in [4.69, 9.17) is 0 Å². The van der Waals surface area contributed by atoms with E-state index in [2.05, 4.69) is 26.2 Å². The van der Waals surface area contributed by atoms with Crippen LogP contribution in [0.3, 0.4) is 0 Å². The number of aliphatic carboxylic acids is 1. The molecule has 5 nitrogen and oxygen atoms in total. The van der Waals surface area contributed by atoms with Crippen molar-refractivity contribution in [2.75, 3.05) is 0 Å². The second-order valence-corrected chi connectivity index (χ2v) is 6.33. The molecular formula is C19H15BrN2O3. The molecule has 1 amide bonds. The molecule has 2 N–H and O–H groups in total. The summed E-state index contributed by atoms with van der Waals surface area (Å²) >= 11 is 3.30. The first-order valence-electron chi connectivity index (χ1n) is 7.66. The van der Waals surface area contributed by atoms with Gasteiger partial charge in [-0.1, -0.05) is 36.4 Å². The third-order valence-corrected chi connectivity index (χ3v) is 4.59. The Morgan fingerprint density at radius 3 is 2.56 bits per heavy atom. The summed E-state index contributed by atoms with van der Waals surface area (Å²) < 4.78 is 0.571. The number of halogens is 1. The van der Waals surface area contributed by atoms with Crippen molar-refractivity contribution in [1.82, 2.24) is 10.3 Å². The van der Waals surface area contributed by atoms with E-state index in [0.29, 0.717) is 15.7 Å². The van der Waals surface area contributed by atoms with Gasteiger partial charge in [0.25, 0.3) is 5.91 Å². The first kappa shape index (κ1) is 17.1. The number of rotatable bonds is 5. The van der Waals surface area contributed by atoms with Gasteiger partial charge in [-0.25, -0.2) is 9.78 Å². The summed E-state index contributed by atoms with van der Waals surface area (Å²) in [7, 11) is 0. The van der Waals surface area contributed by atoms with Gasteiger partial charge >= 0.3 is 5.97 Å². The Bertz CT molecular complexity index is 943. The van der Waals surface area contributed by atoms with Gasteiger partial charge in [-0.05, 0) is 50.5 Å². The molecule has 0 aliphatic rings. The molecule has 0 aliphatic heterocycles. The summed E-state index contributed by atoms with van der Waals surface area (Å²) in [5.74, 6) is -1.51. The fourth-order valence-electron chi connectivity index (χ4n) is 2.56. The molecule has 0 unspecified atom stereocenters. The van der Waals surface area contributed by atoms with E-state index < -0.39 is 17.9 Å². The number of nitrogens with one attached hydrogen (secondary N) is 1. The second-order valence-electron chi connectivity index (χ2n) is 5.58. The van der Waals surface area contributed by atoms with Crippen molar-refractivity contribution < 1.29 is 14.7 Å². The molecule has 1 aromatic heterocycles. The van der Waals surface area contributed by atoms with Gasteiger partial charge in [-0.2, -0.15) is 0 Å². The molecular weight excluding hydrogens is 384 g/mol. The van der Waals surface area contributed by atoms with Crippen molar-refractivity contribution >= 4 is 38.6 Å². The summed E-state index contributed by atoms with van der Waals surface area (Å²) in [6.45, 7) is 0. The predicted octanol–water partition coefficient (Wildman–Crippen LogP) is 3.42. The van der Waals surface area contributed by atoms with Crippen LogP contribution in [0.4, 0.5) is 0 Å². The summed E-state index contributed by atoms with van der Waals surface area (Å²) in [4.78, 5) is 28.1. The van der Waals surface area contributed by atoms with E-state index in [9.17, 15) is 14.7 Å². The van der Waals surface area contributed by atoms with Crippen LogP contribution >= 0.6 is 15.9 Å². The van der Waals surface area contributed by atoms with Crippen molar-refractivity contribution in [2.24, 2.45) is 0 Å². The minimum absolute atomic E-state index is 0.142. The van der Waals surface area contributed by atoms with E-state index >= 15 is 0 Å². The molecule has 0 radical (unpaired) electrons. The lowest BCUT2D eigenvalue weighted by atomic mass is 10.0. The number of hydrogen-bond donors (Lipinski definition) is 2. The van der Waals surface area contributed by atoms with Gasteiger partial charge in [-0.15, -0.1) is 0 Å². The Morgan fingerprint density at radius 2 is 1.84 bits per heavy atom. The van der Waals surface area contributed by atoms with Gasteiger partial charge in [0.15, 0.2) is 0 Å². The average molecular weight is 399 g/mol. The Hall–Kier alpha value is -2.73. The minimum atomic E-state index is -1.09. The first-order valence-corrected chi connectivity index (χ1v) is 8.46. The zero-order valence-corrected chi connectivity index (χ0v) is 14.7. The minimum Gasteiger partial charge on any atom is -0.480 e. The lowest BCUT2D eigenvalue weighted by Gasteiger charge is -2.15. The third kappa shape index (κ3) is 4.03. The van der Waals surface area contributed by atoms with Crippen molar-refractivity contribution in [3.8, 4) is 0 Å². The molecule has 0 saturated carbocycles. The van der Waals surface area contributed by atoms with E-state index in [1.54, 1.807) is 30.5 Å². The highest BCUT2D eigenvalue weighted by Gasteiger charge is 2.22. The molecule has 126 valence electrons. The van der Waals surface area contributed by atoms with Crippen LogP contribution in [0.1, 0.15) is 15.9 Å². The average Bonchev–Trinajstić information content (AvgIpc) is 2.62. The standard InChI is InChI=1S/C19H15BrN2O3/c20-17-14(6-3-9-21-17)11-16(19(24)25)22-18(23)15-8-7-12-4-1-2-5-13(12)10-15/h1-10,16H,11H2,(H,22,23)(H,24,25)/t16-/m0/s1. The summed E-state index contributed by atoms with van der Waals surface area (Å²) in [5.41, 5.74) is 1.14. The van der Waals surface area contributed by atoms with Crippen molar-refractivity contribution in [2.45, 2.75) is 12.5 Å². The zero-order valence-electron chi connectivity index (χ0n) is 13.1. The molecule has 6 heteroatoms. The second kappa shape index (κ2) is 7.44. The lowest BCUT2D eigenvalue weighted by Crippen LogP contribution is -2.42. The van der Waals surface area contributed by atoms with Crippen molar-refractivity contribution in [1.29, 1.82) is 0 Å². The number of fused-ring (bicyclic) bond motifs is 1. The number of pyridine rings is 1. The van der Waals surface area contributed by atoms with Gasteiger partial charge < -0.3 is 10.4 Å². The number of benzene rings is 2. The van der Waals surface area contributed by atoms with E-state index in [1.165, 1.54) is 0 Å². The highest BCUT2D eigenvalue weighted by Crippen LogP contribution is 2.17. The predicted molar refractivity (Wildman–Crippen MR) is 98.5 cm³/mol. The topological polar surface area (TPSA) is 79.3 Å². The van der Waals surface area contributed by atoms with Crippen LogP contribution in [0.2, 0.25) is 0 Å². The Labute approximate surface area is 152 Å². The Morgan fingerprint density at radius 1 is 1.08 bits per heavy atom. The SMILES string of the molecule is O=C(N[C@@H](Cc1cccnc1Br)C(=O)O)c1ccc2ccccc2c1. The molecule has 0 saturated heterocycles. The van der Waals surface area contributed by atoms with Crippen molar-refractivity contribution in [3.05, 3.63) is 76.5 Å². The van der Waals surface area contributed by atoms with Crippen molar-refractivity contribution in [3.63, 3.8) is 0 Å². The van der Waals surface area contributed by atoms with Gasteiger partial charge in [0.1, 0.15) is 10.6 Å². The largest absolute Gasteiger partial charge is 0.480 e. The fourth-order valence-corrected chi connectivity index (χ4v) is 2.98. The number of carboxylic acid groups (broad SMARTS) is 1. The highest BCUT2D eigenvalue weighted by atomic mass is 79.9. The van der Waals surface area contributed by atoms with Crippen LogP contribution in [0.5, 0.6) is 0 Å². The maximum absolute atomic E-state index is 12.5. The molecule has 1 heterocycles. The molecule has 0 bridgehead atoms. The van der Waals surface area contributed by atoms with Gasteiger partial charge in [0, 0.05) is 18.2 Å². The van der Waals surface area contributed by atoms with Gasteiger partial charge in [-0.3, -0.25) is 4.79 Å². The molecule has 2 aromatic carbocycles. The number of nitrogens with zero attached hydrogens (tertiary/aromatic N) is 1.